The van der Waals surface area contributed by atoms with Crippen LogP contribution in [0.4, 0.5) is 5.69 Å². The topological polar surface area (TPSA) is 95.7 Å². The molecule has 1 aromatic rings. The largest absolute Gasteiger partial charge is 0.465 e. The number of nitrogens with zero attached hydrogens (tertiary/aromatic N) is 1. The van der Waals surface area contributed by atoms with E-state index < -0.39 is 16.9 Å². The van der Waals surface area contributed by atoms with Crippen LogP contribution in [0, 0.1) is 33.8 Å². The van der Waals surface area contributed by atoms with Crippen LogP contribution in [0.2, 0.25) is 0 Å². The number of benzene rings is 1. The van der Waals surface area contributed by atoms with Crippen LogP contribution in [0.15, 0.2) is 56.5 Å². The van der Waals surface area contributed by atoms with E-state index >= 15 is 0 Å². The van der Waals surface area contributed by atoms with Gasteiger partial charge in [-0.15, -0.1) is 0 Å². The molecule has 1 aliphatic heterocycles. The summed E-state index contributed by atoms with van der Waals surface area (Å²) in [7, 11) is 2.47. The van der Waals surface area contributed by atoms with Crippen molar-refractivity contribution in [1.29, 1.82) is 0 Å². The van der Waals surface area contributed by atoms with E-state index in [9.17, 15) is 19.7 Å². The van der Waals surface area contributed by atoms with Gasteiger partial charge in [0, 0.05) is 23.8 Å². The van der Waals surface area contributed by atoms with Crippen LogP contribution < -0.4 is 0 Å². The van der Waals surface area contributed by atoms with Crippen molar-refractivity contribution >= 4 is 41.1 Å². The second-order valence-corrected chi connectivity index (χ2v) is 7.37. The van der Waals surface area contributed by atoms with Crippen LogP contribution in [0.25, 0.3) is 0 Å². The van der Waals surface area contributed by atoms with E-state index in [1.165, 1.54) is 32.4 Å². The number of methoxy groups -OCH3 is 2. The third kappa shape index (κ3) is 6.32. The minimum Gasteiger partial charge on any atom is -0.465 e. The summed E-state index contributed by atoms with van der Waals surface area (Å²) in [4.78, 5) is 34.0. The standard InChI is InChI=1S/C20H13NO6S2/c1-26-19(22)17-18(20(23)27-2)29-16(28-17)9-7-5-3-4-6-8-14-10-12-15(13-11-14)21(24)25/h3-4,9-13H,1-2H3/b4-3-. The monoisotopic (exact) mass is 427 g/mol. The Morgan fingerprint density at radius 2 is 1.52 bits per heavy atom. The number of nitro groups is 1. The van der Waals surface area contributed by atoms with Crippen molar-refractivity contribution < 1.29 is 24.0 Å². The van der Waals surface area contributed by atoms with Crippen LogP contribution in [-0.4, -0.2) is 31.1 Å². The Morgan fingerprint density at radius 1 is 0.966 bits per heavy atom. The first kappa shape index (κ1) is 21.9. The zero-order valence-corrected chi connectivity index (χ0v) is 16.9. The maximum absolute atomic E-state index is 11.8. The van der Waals surface area contributed by atoms with Gasteiger partial charge in [0.05, 0.1) is 23.4 Å². The van der Waals surface area contributed by atoms with Gasteiger partial charge in [-0.25, -0.2) is 9.59 Å². The van der Waals surface area contributed by atoms with Gasteiger partial charge in [-0.1, -0.05) is 47.2 Å². The van der Waals surface area contributed by atoms with Crippen molar-refractivity contribution in [2.45, 2.75) is 0 Å². The molecule has 0 amide bonds. The molecular formula is C20H13NO6S2. The van der Waals surface area contributed by atoms with Gasteiger partial charge in [0.1, 0.15) is 9.81 Å². The lowest BCUT2D eigenvalue weighted by atomic mass is 10.2. The van der Waals surface area contributed by atoms with Crippen LogP contribution in [-0.2, 0) is 19.1 Å². The predicted molar refractivity (Wildman–Crippen MR) is 111 cm³/mol. The molecular weight excluding hydrogens is 414 g/mol. The summed E-state index contributed by atoms with van der Waals surface area (Å²) < 4.78 is 9.98. The smallest absolute Gasteiger partial charge is 0.346 e. The van der Waals surface area contributed by atoms with Gasteiger partial charge < -0.3 is 9.47 Å². The van der Waals surface area contributed by atoms with Crippen LogP contribution >= 0.6 is 23.5 Å². The van der Waals surface area contributed by atoms with Gasteiger partial charge in [-0.3, -0.25) is 10.1 Å². The molecule has 0 bridgehead atoms. The number of allylic oxidation sites excluding steroid dienone is 3. The van der Waals surface area contributed by atoms with Crippen LogP contribution in [0.3, 0.4) is 0 Å². The van der Waals surface area contributed by atoms with E-state index in [0.29, 0.717) is 9.80 Å². The minimum atomic E-state index is -0.610. The van der Waals surface area contributed by atoms with Gasteiger partial charge in [0.2, 0.25) is 0 Å². The quantitative estimate of drug-likeness (QED) is 0.314. The highest BCUT2D eigenvalue weighted by molar-refractivity contribution is 8.29. The minimum absolute atomic E-state index is 0.00727. The molecule has 0 fully saturated rings. The molecule has 146 valence electrons. The maximum Gasteiger partial charge on any atom is 0.346 e. The fourth-order valence-corrected chi connectivity index (χ4v) is 4.09. The lowest BCUT2D eigenvalue weighted by Gasteiger charge is -2.00. The number of carbonyl (C=O) groups is 2. The Bertz CT molecular complexity index is 1020. The van der Waals surface area contributed by atoms with Crippen molar-refractivity contribution in [2.24, 2.45) is 0 Å². The molecule has 29 heavy (non-hydrogen) atoms. The molecule has 0 saturated carbocycles. The van der Waals surface area contributed by atoms with E-state index in [4.69, 9.17) is 0 Å². The molecule has 0 N–H and O–H groups in total. The average molecular weight is 427 g/mol. The van der Waals surface area contributed by atoms with Gasteiger partial charge in [-0.2, -0.15) is 0 Å². The highest BCUT2D eigenvalue weighted by Gasteiger charge is 2.31. The zero-order chi connectivity index (χ0) is 21.2. The van der Waals surface area contributed by atoms with Crippen LogP contribution in [0.5, 0.6) is 0 Å². The normalized spacial score (nSPS) is 12.6. The molecule has 9 heteroatoms. The van der Waals surface area contributed by atoms with E-state index in [1.807, 2.05) is 0 Å². The van der Waals surface area contributed by atoms with Gasteiger partial charge in [0.25, 0.3) is 5.69 Å². The zero-order valence-electron chi connectivity index (χ0n) is 15.3. The fourth-order valence-electron chi connectivity index (χ4n) is 1.85. The maximum atomic E-state index is 11.8. The first-order valence-corrected chi connectivity index (χ1v) is 9.48. The van der Waals surface area contributed by atoms with E-state index in [2.05, 4.69) is 33.2 Å². The Kier molecular flexibility index (Phi) is 8.16. The molecule has 1 heterocycles. The van der Waals surface area contributed by atoms with Gasteiger partial charge in [-0.05, 0) is 24.3 Å². The number of carbonyl (C=O) groups excluding carboxylic acids is 2. The number of hydrogen-bond donors (Lipinski definition) is 0. The molecule has 7 nitrogen and oxygen atoms in total. The van der Waals surface area contributed by atoms with Crippen LogP contribution in [0.1, 0.15) is 5.56 Å². The number of ether oxygens (including phenoxy) is 2. The summed E-state index contributed by atoms with van der Waals surface area (Å²) >= 11 is 2.18. The average Bonchev–Trinajstić information content (AvgIpc) is 3.16. The van der Waals surface area contributed by atoms with E-state index in [1.54, 1.807) is 24.3 Å². The highest BCUT2D eigenvalue weighted by atomic mass is 32.2. The molecule has 0 atom stereocenters. The predicted octanol–water partition coefficient (Wildman–Crippen LogP) is 3.38. The third-order valence-electron chi connectivity index (χ3n) is 3.17. The number of hydrogen-bond acceptors (Lipinski definition) is 8. The Morgan fingerprint density at radius 3 is 2.03 bits per heavy atom. The summed E-state index contributed by atoms with van der Waals surface area (Å²) in [5.41, 5.74) is 0.652. The Hall–Kier alpha value is -3.40. The van der Waals surface area contributed by atoms with E-state index in [0.717, 1.165) is 23.5 Å². The molecule has 0 aliphatic carbocycles. The summed E-state index contributed by atoms with van der Waals surface area (Å²) in [5, 5.41) is 10.6. The lowest BCUT2D eigenvalue weighted by molar-refractivity contribution is -0.384. The lowest BCUT2D eigenvalue weighted by Crippen LogP contribution is -2.08. The highest BCUT2D eigenvalue weighted by Crippen LogP contribution is 2.49. The number of rotatable bonds is 3. The number of nitro benzene ring substituents is 1. The number of thioether (sulfide) groups is 2. The van der Waals surface area contributed by atoms with Crippen molar-refractivity contribution in [3.8, 4) is 23.7 Å². The van der Waals surface area contributed by atoms with Gasteiger partial charge in [0.15, 0.2) is 0 Å². The second kappa shape index (κ2) is 10.8. The van der Waals surface area contributed by atoms with Gasteiger partial charge >= 0.3 is 11.9 Å². The van der Waals surface area contributed by atoms with Crippen molar-refractivity contribution in [2.75, 3.05) is 14.2 Å². The summed E-state index contributed by atoms with van der Waals surface area (Å²) in [6, 6.07) is 5.90. The molecule has 0 spiro atoms. The Labute approximate surface area is 175 Å². The fraction of sp³-hybridized carbons (Fsp3) is 0.100. The molecule has 0 aromatic heterocycles. The molecule has 0 radical (unpaired) electrons. The molecule has 2 rings (SSSR count). The number of non-ortho nitro benzene ring substituents is 1. The SMILES string of the molecule is COC(=O)C1=C(C(=O)OC)SC(=CC#C/C=C\C#Cc2ccc([N+](=O)[O-])cc2)S1. The molecule has 0 unspecified atom stereocenters. The first-order valence-electron chi connectivity index (χ1n) is 7.85. The van der Waals surface area contributed by atoms with Crippen molar-refractivity contribution in [3.63, 3.8) is 0 Å². The van der Waals surface area contributed by atoms with Crippen molar-refractivity contribution in [3.05, 3.63) is 72.2 Å². The first-order chi connectivity index (χ1) is 14.0. The third-order valence-corrected chi connectivity index (χ3v) is 5.59. The van der Waals surface area contributed by atoms with E-state index in [-0.39, 0.29) is 15.5 Å². The molecule has 1 aliphatic rings. The summed E-state index contributed by atoms with van der Waals surface area (Å²) in [6.07, 6.45) is 4.65. The number of esters is 2. The Balaban J connectivity index is 1.98. The summed E-state index contributed by atoms with van der Waals surface area (Å²) in [6.45, 7) is 0. The second-order valence-electron chi connectivity index (χ2n) is 5.00. The summed E-state index contributed by atoms with van der Waals surface area (Å²) in [5.74, 6) is 9.93. The van der Waals surface area contributed by atoms with Crippen molar-refractivity contribution in [1.82, 2.24) is 0 Å². The molecule has 1 aromatic carbocycles. The molecule has 0 saturated heterocycles.